The first-order chi connectivity index (χ1) is 32.5. The van der Waals surface area contributed by atoms with Crippen LogP contribution in [-0.4, -0.2) is 142 Å². The van der Waals surface area contributed by atoms with Gasteiger partial charge in [-0.1, -0.05) is 150 Å². The van der Waals surface area contributed by atoms with Gasteiger partial charge in [-0.25, -0.2) is 0 Å². The van der Waals surface area contributed by atoms with Gasteiger partial charge in [0.25, 0.3) is 0 Å². The number of ether oxygens (including phenoxy) is 6. The molecule has 0 radical (unpaired) electrons. The van der Waals surface area contributed by atoms with E-state index in [1.807, 2.05) is 36.5 Å². The lowest BCUT2D eigenvalue weighted by Gasteiger charge is -2.42. The van der Waals surface area contributed by atoms with Gasteiger partial charge in [-0.05, 0) is 57.8 Å². The molecule has 2 heterocycles. The third kappa shape index (κ3) is 26.9. The SMILES string of the molecule is CC/C=C/C=C/C=C/C=C/CCCCCC(=O)OC(COC(=O)CCCCCCC/C=C/C=C/C=C/CCCCCCC)CO[C@@H]1O[C@H](CO[C@@H]2O[C@H](CO)[C@H](O)C(O)C2O)[C@H](O)C(O)C1O. The second-order valence-electron chi connectivity index (χ2n) is 17.1. The van der Waals surface area contributed by atoms with Crippen LogP contribution in [0.1, 0.15) is 136 Å². The third-order valence-electron chi connectivity index (χ3n) is 11.3. The Kier molecular flexibility index (Phi) is 34.4. The lowest BCUT2D eigenvalue weighted by Crippen LogP contribution is -2.61. The number of aliphatic hydroxyl groups excluding tert-OH is 7. The molecular weight excluding hydrogens is 865 g/mol. The summed E-state index contributed by atoms with van der Waals surface area (Å²) in [6.45, 7) is 2.33. The highest BCUT2D eigenvalue weighted by molar-refractivity contribution is 5.70. The van der Waals surface area contributed by atoms with Crippen molar-refractivity contribution < 1.29 is 73.8 Å². The number of hydrogen-bond acceptors (Lipinski definition) is 15. The van der Waals surface area contributed by atoms with Crippen molar-refractivity contribution in [1.29, 1.82) is 0 Å². The van der Waals surface area contributed by atoms with Gasteiger partial charge in [-0.2, -0.15) is 0 Å². The standard InChI is InChI=1S/C52H84O15/c1-3-5-7-9-11-13-15-17-18-19-20-21-23-24-26-28-30-32-34-43(54)62-37-40(65-44(55)35-33-31-29-27-25-22-16-14-12-10-8-6-4-2)38-63-51-50(61)48(59)46(57)42(67-51)39-64-52-49(60)47(58)45(56)41(36-53)66-52/h6,8,10,12,14-22,25,40-42,45-53,56-61H,3-5,7,9,11,13,23-24,26-39H2,1-2H3/b8-6+,12-10+,16-14+,17-15+,19-18+,21-20+,25-22+/t40?,41-,42-,45+,46+,47?,48?,49?,50?,51-,52-/m1/s1. The summed E-state index contributed by atoms with van der Waals surface area (Å²) >= 11 is 0. The molecule has 15 nitrogen and oxygen atoms in total. The minimum absolute atomic E-state index is 0.109. The lowest BCUT2D eigenvalue weighted by atomic mass is 9.98. The second kappa shape index (κ2) is 38.5. The Morgan fingerprint density at radius 2 is 0.940 bits per heavy atom. The Labute approximate surface area is 399 Å². The molecule has 11 atom stereocenters. The molecule has 0 aromatic rings. The van der Waals surface area contributed by atoms with Crippen molar-refractivity contribution in [2.45, 2.75) is 203 Å². The smallest absolute Gasteiger partial charge is 0.306 e. The van der Waals surface area contributed by atoms with E-state index in [0.717, 1.165) is 64.2 Å². The maximum atomic E-state index is 13.0. The molecule has 67 heavy (non-hydrogen) atoms. The van der Waals surface area contributed by atoms with Crippen molar-refractivity contribution in [3.8, 4) is 0 Å². The van der Waals surface area contributed by atoms with Gasteiger partial charge in [0.2, 0.25) is 0 Å². The summed E-state index contributed by atoms with van der Waals surface area (Å²) in [5, 5.41) is 72.0. The van der Waals surface area contributed by atoms with Crippen molar-refractivity contribution >= 4 is 11.9 Å². The molecule has 7 N–H and O–H groups in total. The predicted octanol–water partition coefficient (Wildman–Crippen LogP) is 6.43. The van der Waals surface area contributed by atoms with Gasteiger partial charge in [0.15, 0.2) is 18.7 Å². The van der Waals surface area contributed by atoms with Gasteiger partial charge in [0.05, 0.1) is 19.8 Å². The van der Waals surface area contributed by atoms with E-state index in [2.05, 4.69) is 62.5 Å². The van der Waals surface area contributed by atoms with Crippen molar-refractivity contribution in [3.05, 3.63) is 85.1 Å². The molecule has 382 valence electrons. The van der Waals surface area contributed by atoms with Crippen LogP contribution in [0.15, 0.2) is 85.1 Å². The quantitative estimate of drug-likeness (QED) is 0.0204. The molecule has 2 rings (SSSR count). The van der Waals surface area contributed by atoms with Crippen LogP contribution in [0.2, 0.25) is 0 Å². The van der Waals surface area contributed by atoms with Gasteiger partial charge in [-0.15, -0.1) is 0 Å². The molecule has 2 aliphatic rings. The van der Waals surface area contributed by atoms with Crippen LogP contribution in [0, 0.1) is 0 Å². The maximum Gasteiger partial charge on any atom is 0.306 e. The average Bonchev–Trinajstić information content (AvgIpc) is 3.32. The Bertz CT molecular complexity index is 1490. The van der Waals surface area contributed by atoms with Crippen LogP contribution in [-0.2, 0) is 38.0 Å². The molecule has 2 fully saturated rings. The molecule has 0 bridgehead atoms. The Balaban J connectivity index is 1.85. The summed E-state index contributed by atoms with van der Waals surface area (Å²) in [6, 6.07) is 0. The van der Waals surface area contributed by atoms with Gasteiger partial charge < -0.3 is 64.2 Å². The van der Waals surface area contributed by atoms with Gasteiger partial charge in [-0.3, -0.25) is 9.59 Å². The third-order valence-corrected chi connectivity index (χ3v) is 11.3. The van der Waals surface area contributed by atoms with Crippen LogP contribution in [0.3, 0.4) is 0 Å². The normalized spacial score (nSPS) is 26.7. The summed E-state index contributed by atoms with van der Waals surface area (Å²) in [6.07, 6.45) is 29.0. The molecule has 15 heteroatoms. The molecule has 0 amide bonds. The zero-order valence-corrected chi connectivity index (χ0v) is 40.1. The number of carbonyl (C=O) groups is 2. The summed E-state index contributed by atoms with van der Waals surface area (Å²) < 4.78 is 33.4. The molecule has 0 aromatic heterocycles. The molecule has 2 aliphatic heterocycles. The second-order valence-corrected chi connectivity index (χ2v) is 17.1. The fraction of sp³-hybridized carbons (Fsp3) is 0.692. The highest BCUT2D eigenvalue weighted by Gasteiger charge is 2.47. The number of rotatable bonds is 36. The van der Waals surface area contributed by atoms with Gasteiger partial charge in [0, 0.05) is 12.8 Å². The van der Waals surface area contributed by atoms with E-state index in [1.165, 1.54) is 32.1 Å². The summed E-state index contributed by atoms with van der Waals surface area (Å²) in [5.74, 6) is -1.00. The topological polar surface area (TPSA) is 231 Å². The van der Waals surface area contributed by atoms with E-state index in [4.69, 9.17) is 28.4 Å². The van der Waals surface area contributed by atoms with Crippen molar-refractivity contribution in [2.75, 3.05) is 26.4 Å². The monoisotopic (exact) mass is 949 g/mol. The summed E-state index contributed by atoms with van der Waals surface area (Å²) in [4.78, 5) is 25.7. The minimum atomic E-state index is -1.78. The number of carbonyl (C=O) groups excluding carboxylic acids is 2. The van der Waals surface area contributed by atoms with E-state index in [0.29, 0.717) is 12.8 Å². The van der Waals surface area contributed by atoms with Crippen LogP contribution in [0.5, 0.6) is 0 Å². The number of allylic oxidation sites excluding steroid dienone is 14. The molecule has 5 unspecified atom stereocenters. The van der Waals surface area contributed by atoms with E-state index in [1.54, 1.807) is 0 Å². The zero-order chi connectivity index (χ0) is 48.9. The highest BCUT2D eigenvalue weighted by Crippen LogP contribution is 2.26. The first-order valence-corrected chi connectivity index (χ1v) is 24.8. The van der Waals surface area contributed by atoms with Crippen LogP contribution in [0.25, 0.3) is 0 Å². The van der Waals surface area contributed by atoms with Crippen molar-refractivity contribution in [2.24, 2.45) is 0 Å². The molecule has 0 aliphatic carbocycles. The first-order valence-electron chi connectivity index (χ1n) is 24.8. The lowest BCUT2D eigenvalue weighted by molar-refractivity contribution is -0.332. The van der Waals surface area contributed by atoms with Crippen molar-refractivity contribution in [3.63, 3.8) is 0 Å². The first kappa shape index (κ1) is 59.8. The number of aliphatic hydroxyl groups is 7. The largest absolute Gasteiger partial charge is 0.462 e. The number of unbranched alkanes of at least 4 members (excludes halogenated alkanes) is 13. The molecular formula is C52H84O15. The Morgan fingerprint density at radius 1 is 0.493 bits per heavy atom. The Morgan fingerprint density at radius 3 is 1.49 bits per heavy atom. The van der Waals surface area contributed by atoms with Crippen LogP contribution < -0.4 is 0 Å². The summed E-state index contributed by atoms with van der Waals surface area (Å²) in [7, 11) is 0. The summed E-state index contributed by atoms with van der Waals surface area (Å²) in [5.41, 5.74) is 0. The fourth-order valence-electron chi connectivity index (χ4n) is 7.17. The van der Waals surface area contributed by atoms with E-state index in [9.17, 15) is 45.3 Å². The molecule has 0 spiro atoms. The average molecular weight is 949 g/mol. The van der Waals surface area contributed by atoms with E-state index < -0.39 is 99.3 Å². The zero-order valence-electron chi connectivity index (χ0n) is 40.1. The Hall–Kier alpha value is -3.32. The predicted molar refractivity (Wildman–Crippen MR) is 256 cm³/mol. The van der Waals surface area contributed by atoms with E-state index >= 15 is 0 Å². The fourth-order valence-corrected chi connectivity index (χ4v) is 7.17. The number of esters is 2. The molecule has 2 saturated heterocycles. The van der Waals surface area contributed by atoms with Crippen LogP contribution in [0.4, 0.5) is 0 Å². The maximum absolute atomic E-state index is 13.0. The minimum Gasteiger partial charge on any atom is -0.462 e. The van der Waals surface area contributed by atoms with Crippen LogP contribution >= 0.6 is 0 Å². The van der Waals surface area contributed by atoms with Crippen molar-refractivity contribution in [1.82, 2.24) is 0 Å². The number of hydrogen-bond donors (Lipinski definition) is 7. The van der Waals surface area contributed by atoms with Gasteiger partial charge >= 0.3 is 11.9 Å². The van der Waals surface area contributed by atoms with Gasteiger partial charge in [0.1, 0.15) is 55.4 Å². The molecule has 0 saturated carbocycles. The molecule has 0 aromatic carbocycles. The highest BCUT2D eigenvalue weighted by atomic mass is 16.7. The van der Waals surface area contributed by atoms with E-state index in [-0.39, 0.29) is 19.4 Å².